The summed E-state index contributed by atoms with van der Waals surface area (Å²) >= 11 is 0. The zero-order valence-electron chi connectivity index (χ0n) is 14.7. The second-order valence-corrected chi connectivity index (χ2v) is 3.72. The minimum Gasteiger partial charge on any atom is -0.790 e. The first-order valence-electron chi connectivity index (χ1n) is 5.03. The van der Waals surface area contributed by atoms with Gasteiger partial charge in [0.05, 0.1) is 7.82 Å². The number of hydrogen-bond acceptors (Lipinski definition) is 11. The Morgan fingerprint density at radius 3 is 0.548 bits per heavy atom. The smallest absolute Gasteiger partial charge is 0.790 e. The minimum absolute atomic E-state index is 0. The van der Waals surface area contributed by atoms with Crippen LogP contribution in [0.2, 0.25) is 0 Å². The molecule has 31 heavy (non-hydrogen) atoms. The van der Waals surface area contributed by atoms with E-state index in [1.165, 1.54) is 0 Å². The monoisotopic (exact) mass is 478 g/mol. The van der Waals surface area contributed by atoms with Gasteiger partial charge in [-0.05, 0) is 0 Å². The number of halogens is 4. The summed E-state index contributed by atoms with van der Waals surface area (Å²) in [4.78, 5) is 95.7. The molecule has 0 saturated heterocycles. The summed E-state index contributed by atoms with van der Waals surface area (Å²) in [6.07, 6.45) is 0. The Kier molecular flexibility index (Phi) is 38.6. The molecule has 168 valence electrons. The Morgan fingerprint density at radius 1 is 0.516 bits per heavy atom. The summed E-state index contributed by atoms with van der Waals surface area (Å²) in [5.41, 5.74) is 0. The summed E-state index contributed by atoms with van der Waals surface area (Å²) in [5.74, 6) is -8.19. The topological polar surface area (TPSA) is 301 Å². The van der Waals surface area contributed by atoms with Crippen LogP contribution in [0.15, 0.2) is 0 Å². The van der Waals surface area contributed by atoms with Crippen LogP contribution in [0, 0.1) is 0 Å². The van der Waals surface area contributed by atoms with Crippen LogP contribution >= 0.6 is 7.82 Å². The third kappa shape index (κ3) is 97.8. The van der Waals surface area contributed by atoms with Gasteiger partial charge in [0.15, 0.2) is 0 Å². The number of carbonyl (C=O) groups is 8. The fraction of sp³-hybridized carbons (Fsp3) is 0. The van der Waals surface area contributed by atoms with Gasteiger partial charge in [0.2, 0.25) is 0 Å². The maximum atomic E-state index is 10.6. The Morgan fingerprint density at radius 2 is 0.548 bits per heavy atom. The molecule has 0 rings (SSSR count). The number of hydrogen-bond donors (Lipinski definition) is 5. The fourth-order valence-electron chi connectivity index (χ4n) is 0. The summed E-state index contributed by atoms with van der Waals surface area (Å²) in [6, 6.07) is -9.30. The summed E-state index contributed by atoms with van der Waals surface area (Å²) in [6.45, 7) is 0. The van der Waals surface area contributed by atoms with Crippen LogP contribution in [0.5, 0.6) is 0 Å². The maximum absolute atomic E-state index is 10.6. The molecule has 16 nitrogen and oxygen atoms in total. The normalized spacial score (nSPS) is 7.71. The van der Waals surface area contributed by atoms with Crippen molar-refractivity contribution in [3.63, 3.8) is 0 Å². The second kappa shape index (κ2) is 25.6. The molecular formula is C8H5F4Li2O16P. The SMILES string of the molecule is O=C(O)C(=O)F.O=C(O)C(=O)F.O=C(O)C(=O)F.O=C(O)C(=O)F.O=P([O-])([O-])O.[Li+].[Li+]. The first-order chi connectivity index (χ1) is 12.6. The van der Waals surface area contributed by atoms with Crippen LogP contribution in [0.3, 0.4) is 0 Å². The van der Waals surface area contributed by atoms with E-state index in [2.05, 4.69) is 0 Å². The van der Waals surface area contributed by atoms with Gasteiger partial charge in [-0.15, -0.1) is 0 Å². The van der Waals surface area contributed by atoms with Crippen molar-refractivity contribution in [2.45, 2.75) is 0 Å². The molecule has 0 bridgehead atoms. The molecule has 5 N–H and O–H groups in total. The van der Waals surface area contributed by atoms with Gasteiger partial charge in [-0.2, -0.15) is 17.6 Å². The summed E-state index contributed by atoms with van der Waals surface area (Å²) in [5, 5.41) is 29.1. The predicted molar refractivity (Wildman–Crippen MR) is 64.8 cm³/mol. The van der Waals surface area contributed by atoms with Crippen LogP contribution in [0.1, 0.15) is 0 Å². The molecule has 23 heteroatoms. The molecule has 0 fully saturated rings. The molecule has 0 atom stereocenters. The zero-order chi connectivity index (χ0) is 25.1. The van der Waals surface area contributed by atoms with Crippen LogP contribution in [0.4, 0.5) is 17.6 Å². The molecular weight excluding hydrogens is 473 g/mol. The number of carbonyl (C=O) groups excluding carboxylic acids is 4. The van der Waals surface area contributed by atoms with Crippen LogP contribution in [0.25, 0.3) is 0 Å². The first-order valence-corrected chi connectivity index (χ1v) is 6.53. The third-order valence-electron chi connectivity index (χ3n) is 0.673. The first kappa shape index (κ1) is 46.7. The molecule has 0 aliphatic carbocycles. The molecule has 0 aromatic carbocycles. The van der Waals surface area contributed by atoms with E-state index in [0.29, 0.717) is 0 Å². The minimum atomic E-state index is -5.14. The van der Waals surface area contributed by atoms with Crippen molar-refractivity contribution in [2.75, 3.05) is 0 Å². The number of carboxylic acid groups (broad SMARTS) is 4. The van der Waals surface area contributed by atoms with Gasteiger partial charge in [0.1, 0.15) is 0 Å². The Balaban J connectivity index is -0.0000000458. The number of rotatable bonds is 4. The summed E-state index contributed by atoms with van der Waals surface area (Å²) < 4.78 is 51.0. The molecule has 0 aromatic rings. The van der Waals surface area contributed by atoms with Crippen LogP contribution in [-0.2, 0) is 42.9 Å². The van der Waals surface area contributed by atoms with Crippen molar-refractivity contribution >= 4 is 55.8 Å². The molecule has 0 aliphatic rings. The van der Waals surface area contributed by atoms with Gasteiger partial charge < -0.3 is 39.7 Å². The van der Waals surface area contributed by atoms with Gasteiger partial charge in [0.25, 0.3) is 0 Å². The van der Waals surface area contributed by atoms with Gasteiger partial charge in [0, 0.05) is 0 Å². The van der Waals surface area contributed by atoms with E-state index in [-0.39, 0.29) is 37.7 Å². The average molecular weight is 478 g/mol. The Hall–Kier alpha value is -2.42. The number of carboxylic acids is 4. The van der Waals surface area contributed by atoms with Crippen molar-refractivity contribution in [1.82, 2.24) is 0 Å². The third-order valence-corrected chi connectivity index (χ3v) is 0.673. The van der Waals surface area contributed by atoms with Crippen molar-refractivity contribution < 1.29 is 133 Å². The van der Waals surface area contributed by atoms with E-state index >= 15 is 0 Å². The van der Waals surface area contributed by atoms with E-state index in [9.17, 15) is 17.6 Å². The molecule has 0 radical (unpaired) electrons. The maximum Gasteiger partial charge on any atom is 1.00 e. The molecule has 0 saturated carbocycles. The molecule has 0 aromatic heterocycles. The van der Waals surface area contributed by atoms with E-state index in [0.717, 1.165) is 0 Å². The summed E-state index contributed by atoms with van der Waals surface area (Å²) in [7, 11) is -5.14. The van der Waals surface area contributed by atoms with Gasteiger partial charge in [-0.1, -0.05) is 0 Å². The predicted octanol–water partition coefficient (Wildman–Crippen LogP) is -9.92. The number of phosphoric acid groups is 1. The van der Waals surface area contributed by atoms with Gasteiger partial charge >= 0.3 is 85.7 Å². The second-order valence-electron chi connectivity index (χ2n) is 2.78. The zero-order valence-corrected chi connectivity index (χ0v) is 15.6. The standard InChI is InChI=1S/4C2HFO3.2Li.H3O4P/c4*3-1(4)2(5)6;;;1-5(2,3)4/h4*(H,5,6);;;(H3,1,2,3,4)/q;;;;2*+1;/p-2. The van der Waals surface area contributed by atoms with E-state index in [1.807, 2.05) is 0 Å². The molecule has 0 aliphatic heterocycles. The molecule has 0 unspecified atom stereocenters. The molecule has 0 heterocycles. The van der Waals surface area contributed by atoms with Crippen molar-refractivity contribution in [2.24, 2.45) is 0 Å². The van der Waals surface area contributed by atoms with Crippen molar-refractivity contribution in [1.29, 1.82) is 0 Å². The van der Waals surface area contributed by atoms with Crippen molar-refractivity contribution in [3.8, 4) is 0 Å². The van der Waals surface area contributed by atoms with E-state index in [1.54, 1.807) is 0 Å². The van der Waals surface area contributed by atoms with E-state index < -0.39 is 55.8 Å². The van der Waals surface area contributed by atoms with E-state index in [4.69, 9.17) is 78.0 Å². The van der Waals surface area contributed by atoms with Crippen LogP contribution < -0.4 is 47.5 Å². The largest absolute Gasteiger partial charge is 1.00 e. The number of aliphatic carboxylic acids is 4. The van der Waals surface area contributed by atoms with Gasteiger partial charge in [-0.25, -0.2) is 38.4 Å². The average Bonchev–Trinajstić information content (AvgIpc) is 2.46. The quantitative estimate of drug-likeness (QED) is 0.0823. The Bertz CT molecular complexity index is 539. The molecule has 0 amide bonds. The van der Waals surface area contributed by atoms with Crippen molar-refractivity contribution in [3.05, 3.63) is 0 Å². The molecule has 0 spiro atoms. The Labute approximate surface area is 189 Å². The van der Waals surface area contributed by atoms with Crippen LogP contribution in [-0.4, -0.2) is 73.3 Å². The van der Waals surface area contributed by atoms with Gasteiger partial charge in [-0.3, -0.25) is 0 Å². The fourth-order valence-corrected chi connectivity index (χ4v) is 0.